The fourth-order valence-electron chi connectivity index (χ4n) is 2.70. The van der Waals surface area contributed by atoms with E-state index >= 15 is 0 Å². The highest BCUT2D eigenvalue weighted by Crippen LogP contribution is 2.26. The van der Waals surface area contributed by atoms with Crippen LogP contribution in [0.1, 0.15) is 58.8 Å². The van der Waals surface area contributed by atoms with E-state index in [0.717, 1.165) is 18.8 Å². The third kappa shape index (κ3) is 4.52. The van der Waals surface area contributed by atoms with Crippen LogP contribution in [0.15, 0.2) is 0 Å². The molecule has 2 heteroatoms. The van der Waals surface area contributed by atoms with Crippen molar-refractivity contribution in [3.63, 3.8) is 0 Å². The Labute approximate surface area is 94.5 Å². The van der Waals surface area contributed by atoms with Crippen molar-refractivity contribution < 1.29 is 5.11 Å². The zero-order chi connectivity index (χ0) is 11.1. The van der Waals surface area contributed by atoms with Gasteiger partial charge in [0.15, 0.2) is 0 Å². The average molecular weight is 213 g/mol. The van der Waals surface area contributed by atoms with E-state index in [1.165, 1.54) is 32.1 Å². The highest BCUT2D eigenvalue weighted by atomic mass is 16.3. The molecule has 1 fully saturated rings. The maximum absolute atomic E-state index is 8.95. The number of hydrogen-bond donors (Lipinski definition) is 2. The second-order valence-corrected chi connectivity index (χ2v) is 4.97. The molecule has 2 N–H and O–H groups in total. The van der Waals surface area contributed by atoms with Gasteiger partial charge in [-0.3, -0.25) is 0 Å². The van der Waals surface area contributed by atoms with Crippen molar-refractivity contribution in [1.82, 2.24) is 5.32 Å². The Morgan fingerprint density at radius 1 is 1.27 bits per heavy atom. The molecule has 0 spiro atoms. The van der Waals surface area contributed by atoms with Crippen molar-refractivity contribution in [1.29, 1.82) is 0 Å². The number of nitrogens with one attached hydrogen (secondary N) is 1. The monoisotopic (exact) mass is 213 g/mol. The first-order chi connectivity index (χ1) is 7.27. The summed E-state index contributed by atoms with van der Waals surface area (Å²) in [6, 6.07) is 1.13. The molecule has 1 saturated carbocycles. The lowest BCUT2D eigenvalue weighted by molar-refractivity contribution is 0.226. The topological polar surface area (TPSA) is 32.3 Å². The molecule has 0 aliphatic heterocycles. The maximum atomic E-state index is 8.95. The van der Waals surface area contributed by atoms with Gasteiger partial charge in [-0.05, 0) is 38.5 Å². The second-order valence-electron chi connectivity index (χ2n) is 4.97. The molecule has 0 aromatic rings. The van der Waals surface area contributed by atoms with Crippen LogP contribution < -0.4 is 5.32 Å². The smallest absolute Gasteiger partial charge is 0.0445 e. The van der Waals surface area contributed by atoms with Gasteiger partial charge in [-0.25, -0.2) is 0 Å². The standard InChI is InChI=1S/C13H27NO/c1-3-13(9-10-15)14-11(2)12-7-5-4-6-8-12/h11-15H,3-10H2,1-2H3. The third-order valence-electron chi connectivity index (χ3n) is 3.83. The average Bonchev–Trinajstić information content (AvgIpc) is 2.29. The van der Waals surface area contributed by atoms with Gasteiger partial charge in [0.2, 0.25) is 0 Å². The molecule has 2 unspecified atom stereocenters. The molecular formula is C13H27NO. The molecule has 0 bridgehead atoms. The molecule has 15 heavy (non-hydrogen) atoms. The molecule has 2 nitrogen and oxygen atoms in total. The first kappa shape index (κ1) is 13.0. The van der Waals surface area contributed by atoms with Gasteiger partial charge in [-0.1, -0.05) is 26.2 Å². The Hall–Kier alpha value is -0.0800. The van der Waals surface area contributed by atoms with Crippen molar-refractivity contribution in [2.75, 3.05) is 6.61 Å². The van der Waals surface area contributed by atoms with E-state index in [1.807, 2.05) is 0 Å². The van der Waals surface area contributed by atoms with Crippen LogP contribution in [0.4, 0.5) is 0 Å². The van der Waals surface area contributed by atoms with E-state index in [-0.39, 0.29) is 0 Å². The summed E-state index contributed by atoms with van der Waals surface area (Å²) in [4.78, 5) is 0. The first-order valence-electron chi connectivity index (χ1n) is 6.64. The Morgan fingerprint density at radius 2 is 1.93 bits per heavy atom. The number of aliphatic hydroxyl groups excluding tert-OH is 1. The van der Waals surface area contributed by atoms with E-state index in [0.29, 0.717) is 18.7 Å². The summed E-state index contributed by atoms with van der Waals surface area (Å²) in [5.41, 5.74) is 0. The van der Waals surface area contributed by atoms with Crippen molar-refractivity contribution in [3.8, 4) is 0 Å². The second kappa shape index (κ2) is 7.24. The first-order valence-corrected chi connectivity index (χ1v) is 6.64. The van der Waals surface area contributed by atoms with Gasteiger partial charge < -0.3 is 10.4 Å². The zero-order valence-electron chi connectivity index (χ0n) is 10.3. The van der Waals surface area contributed by atoms with E-state index in [9.17, 15) is 0 Å². The molecule has 2 atom stereocenters. The summed E-state index contributed by atoms with van der Waals surface area (Å²) in [5.74, 6) is 0.867. The summed E-state index contributed by atoms with van der Waals surface area (Å²) in [5, 5.41) is 12.6. The number of rotatable bonds is 6. The van der Waals surface area contributed by atoms with Crippen molar-refractivity contribution >= 4 is 0 Å². The maximum Gasteiger partial charge on any atom is 0.0445 e. The summed E-state index contributed by atoms with van der Waals surface area (Å²) in [6.45, 7) is 4.82. The Morgan fingerprint density at radius 3 is 2.47 bits per heavy atom. The summed E-state index contributed by atoms with van der Waals surface area (Å²) >= 11 is 0. The zero-order valence-corrected chi connectivity index (χ0v) is 10.3. The van der Waals surface area contributed by atoms with E-state index in [1.54, 1.807) is 0 Å². The Balaban J connectivity index is 2.28. The van der Waals surface area contributed by atoms with Gasteiger partial charge in [0.05, 0.1) is 0 Å². The molecule has 0 amide bonds. The van der Waals surface area contributed by atoms with Gasteiger partial charge >= 0.3 is 0 Å². The van der Waals surface area contributed by atoms with Crippen LogP contribution in [0.2, 0.25) is 0 Å². The number of hydrogen-bond acceptors (Lipinski definition) is 2. The fraction of sp³-hybridized carbons (Fsp3) is 1.00. The highest BCUT2D eigenvalue weighted by Gasteiger charge is 2.21. The third-order valence-corrected chi connectivity index (χ3v) is 3.83. The highest BCUT2D eigenvalue weighted by molar-refractivity contribution is 4.79. The molecule has 1 aliphatic rings. The Kier molecular flexibility index (Phi) is 6.26. The normalized spacial score (nSPS) is 22.6. The predicted molar refractivity (Wildman–Crippen MR) is 65.0 cm³/mol. The van der Waals surface area contributed by atoms with Gasteiger partial charge in [-0.2, -0.15) is 0 Å². The molecule has 0 radical (unpaired) electrons. The lowest BCUT2D eigenvalue weighted by atomic mass is 9.84. The molecule has 1 aliphatic carbocycles. The molecule has 0 heterocycles. The van der Waals surface area contributed by atoms with Crippen molar-refractivity contribution in [3.05, 3.63) is 0 Å². The minimum absolute atomic E-state index is 0.308. The predicted octanol–water partition coefficient (Wildman–Crippen LogP) is 2.71. The van der Waals surface area contributed by atoms with Gasteiger partial charge in [0.1, 0.15) is 0 Å². The fourth-order valence-corrected chi connectivity index (χ4v) is 2.70. The van der Waals surface area contributed by atoms with Gasteiger partial charge in [-0.15, -0.1) is 0 Å². The van der Waals surface area contributed by atoms with Gasteiger partial charge in [0.25, 0.3) is 0 Å². The lowest BCUT2D eigenvalue weighted by Gasteiger charge is -2.31. The molecule has 90 valence electrons. The summed E-state index contributed by atoms with van der Waals surface area (Å²) < 4.78 is 0. The van der Waals surface area contributed by atoms with E-state index < -0.39 is 0 Å². The SMILES string of the molecule is CCC(CCO)NC(C)C1CCCCC1. The van der Waals surface area contributed by atoms with Crippen LogP contribution in [0.25, 0.3) is 0 Å². The Bertz CT molecular complexity index is 155. The lowest BCUT2D eigenvalue weighted by Crippen LogP contribution is -2.41. The van der Waals surface area contributed by atoms with Crippen LogP contribution in [0.5, 0.6) is 0 Å². The molecule has 0 aromatic heterocycles. The van der Waals surface area contributed by atoms with E-state index in [2.05, 4.69) is 19.2 Å². The van der Waals surface area contributed by atoms with Crippen LogP contribution in [0.3, 0.4) is 0 Å². The molecule has 0 aromatic carbocycles. The molecule has 1 rings (SSSR count). The molecular weight excluding hydrogens is 186 g/mol. The van der Waals surface area contributed by atoms with Crippen LogP contribution in [-0.2, 0) is 0 Å². The van der Waals surface area contributed by atoms with Crippen LogP contribution in [-0.4, -0.2) is 23.8 Å². The van der Waals surface area contributed by atoms with E-state index in [4.69, 9.17) is 5.11 Å². The van der Waals surface area contributed by atoms with Crippen LogP contribution >= 0.6 is 0 Å². The van der Waals surface area contributed by atoms with Gasteiger partial charge in [0, 0.05) is 18.7 Å². The minimum atomic E-state index is 0.308. The largest absolute Gasteiger partial charge is 0.396 e. The quantitative estimate of drug-likeness (QED) is 0.711. The number of aliphatic hydroxyl groups is 1. The molecule has 0 saturated heterocycles. The van der Waals surface area contributed by atoms with Crippen LogP contribution in [0, 0.1) is 5.92 Å². The van der Waals surface area contributed by atoms with Crippen molar-refractivity contribution in [2.45, 2.75) is 70.9 Å². The van der Waals surface area contributed by atoms with Crippen molar-refractivity contribution in [2.24, 2.45) is 5.92 Å². The summed E-state index contributed by atoms with van der Waals surface area (Å²) in [7, 11) is 0. The minimum Gasteiger partial charge on any atom is -0.396 e. The summed E-state index contributed by atoms with van der Waals surface area (Å²) in [6.07, 6.45) is 9.05.